The zero-order valence-electron chi connectivity index (χ0n) is 9.74. The van der Waals surface area contributed by atoms with Crippen LogP contribution in [0.3, 0.4) is 0 Å². The first-order valence-electron chi connectivity index (χ1n) is 4.98. The molecular formula is C11H17NO4. The standard InChI is InChI=1S/C11H17NO4/c1-5-10(12)6-11(10,7(13)14)8(15)16-9(2,3)4/h5H,1,6,12H2,2-4H3,(H,13,14)/t10-,11-/m1/s1. The number of rotatable bonds is 3. The van der Waals surface area contributed by atoms with Crippen LogP contribution < -0.4 is 5.73 Å². The highest BCUT2D eigenvalue weighted by atomic mass is 16.6. The van der Waals surface area contributed by atoms with Gasteiger partial charge in [-0.1, -0.05) is 6.08 Å². The molecule has 1 fully saturated rings. The molecule has 1 rings (SSSR count). The zero-order chi connectivity index (χ0) is 12.8. The van der Waals surface area contributed by atoms with Crippen LogP contribution in [0.1, 0.15) is 27.2 Å². The van der Waals surface area contributed by atoms with Gasteiger partial charge in [0.05, 0.1) is 5.54 Å². The number of ether oxygens (including phenoxy) is 1. The Morgan fingerprint density at radius 1 is 1.50 bits per heavy atom. The van der Waals surface area contributed by atoms with Crippen LogP contribution in [0.4, 0.5) is 0 Å². The van der Waals surface area contributed by atoms with Gasteiger partial charge in [0.2, 0.25) is 0 Å². The number of carboxylic acids is 1. The van der Waals surface area contributed by atoms with Crippen LogP contribution in [-0.2, 0) is 14.3 Å². The summed E-state index contributed by atoms with van der Waals surface area (Å²) in [6.07, 6.45) is 1.33. The van der Waals surface area contributed by atoms with E-state index < -0.39 is 28.5 Å². The number of carboxylic acid groups (broad SMARTS) is 1. The van der Waals surface area contributed by atoms with Gasteiger partial charge in [0.1, 0.15) is 5.60 Å². The van der Waals surface area contributed by atoms with Crippen LogP contribution in [0.25, 0.3) is 0 Å². The van der Waals surface area contributed by atoms with E-state index in [1.165, 1.54) is 6.08 Å². The van der Waals surface area contributed by atoms with Crippen molar-refractivity contribution in [2.75, 3.05) is 0 Å². The molecule has 0 heterocycles. The summed E-state index contributed by atoms with van der Waals surface area (Å²) in [5, 5.41) is 9.11. The quantitative estimate of drug-likeness (QED) is 0.420. The Kier molecular flexibility index (Phi) is 2.63. The van der Waals surface area contributed by atoms with Gasteiger partial charge in [-0.3, -0.25) is 9.59 Å². The van der Waals surface area contributed by atoms with Crippen LogP contribution in [0.15, 0.2) is 12.7 Å². The molecule has 0 radical (unpaired) electrons. The van der Waals surface area contributed by atoms with Gasteiger partial charge >= 0.3 is 11.9 Å². The number of hydrogen-bond acceptors (Lipinski definition) is 4. The maximum atomic E-state index is 11.8. The smallest absolute Gasteiger partial charge is 0.326 e. The number of carbonyl (C=O) groups is 2. The average Bonchev–Trinajstić information content (AvgIpc) is 2.72. The molecule has 0 bridgehead atoms. The normalized spacial score (nSPS) is 33.0. The van der Waals surface area contributed by atoms with Crippen molar-refractivity contribution >= 4 is 11.9 Å². The van der Waals surface area contributed by atoms with Gasteiger partial charge in [-0.15, -0.1) is 6.58 Å². The third-order valence-electron chi connectivity index (χ3n) is 2.70. The summed E-state index contributed by atoms with van der Waals surface area (Å²) in [7, 11) is 0. The molecular weight excluding hydrogens is 210 g/mol. The Hall–Kier alpha value is -1.36. The van der Waals surface area contributed by atoms with Gasteiger partial charge in [-0.2, -0.15) is 0 Å². The fourth-order valence-corrected chi connectivity index (χ4v) is 1.63. The van der Waals surface area contributed by atoms with E-state index in [9.17, 15) is 9.59 Å². The van der Waals surface area contributed by atoms with Gasteiger partial charge < -0.3 is 15.6 Å². The van der Waals surface area contributed by atoms with Crippen molar-refractivity contribution in [2.24, 2.45) is 11.1 Å². The lowest BCUT2D eigenvalue weighted by molar-refractivity contribution is -0.169. The molecule has 0 aromatic carbocycles. The van der Waals surface area contributed by atoms with Crippen molar-refractivity contribution < 1.29 is 19.4 Å². The molecule has 3 N–H and O–H groups in total. The minimum absolute atomic E-state index is 0.0355. The van der Waals surface area contributed by atoms with Gasteiger partial charge in [0.15, 0.2) is 5.41 Å². The lowest BCUT2D eigenvalue weighted by Crippen LogP contribution is -2.42. The van der Waals surface area contributed by atoms with E-state index in [4.69, 9.17) is 15.6 Å². The van der Waals surface area contributed by atoms with Crippen molar-refractivity contribution in [1.29, 1.82) is 0 Å². The number of hydrogen-bond donors (Lipinski definition) is 2. The molecule has 5 nitrogen and oxygen atoms in total. The highest BCUT2D eigenvalue weighted by molar-refractivity contribution is 6.06. The van der Waals surface area contributed by atoms with E-state index in [-0.39, 0.29) is 6.42 Å². The third-order valence-corrected chi connectivity index (χ3v) is 2.70. The van der Waals surface area contributed by atoms with E-state index >= 15 is 0 Å². The van der Waals surface area contributed by atoms with E-state index in [0.29, 0.717) is 0 Å². The molecule has 1 aliphatic carbocycles. The van der Waals surface area contributed by atoms with Gasteiger partial charge in [-0.25, -0.2) is 0 Å². The minimum atomic E-state index is -1.66. The van der Waals surface area contributed by atoms with E-state index in [1.807, 2.05) is 0 Å². The highest BCUT2D eigenvalue weighted by Gasteiger charge is 2.75. The molecule has 0 aromatic heterocycles. The summed E-state index contributed by atoms with van der Waals surface area (Å²) in [6.45, 7) is 8.48. The SMILES string of the molecule is C=C[C@@]1(N)C[C@@]1(C(=O)O)C(=O)OC(C)(C)C. The first-order valence-corrected chi connectivity index (χ1v) is 4.98. The molecule has 1 saturated carbocycles. The van der Waals surface area contributed by atoms with Crippen molar-refractivity contribution in [3.8, 4) is 0 Å². The number of carbonyl (C=O) groups excluding carboxylic acids is 1. The van der Waals surface area contributed by atoms with Gasteiger partial charge in [-0.05, 0) is 27.2 Å². The molecule has 0 saturated heterocycles. The Bertz CT molecular complexity index is 357. The Labute approximate surface area is 94.3 Å². The molecule has 0 amide bonds. The van der Waals surface area contributed by atoms with E-state index in [2.05, 4.69) is 6.58 Å². The van der Waals surface area contributed by atoms with Crippen molar-refractivity contribution in [3.63, 3.8) is 0 Å². The molecule has 16 heavy (non-hydrogen) atoms. The predicted octanol–water partition coefficient (Wildman–Crippen LogP) is 0.686. The van der Waals surface area contributed by atoms with Crippen molar-refractivity contribution in [1.82, 2.24) is 0 Å². The van der Waals surface area contributed by atoms with Crippen LogP contribution in [0.5, 0.6) is 0 Å². The summed E-state index contributed by atoms with van der Waals surface area (Å²) in [4.78, 5) is 23.0. The summed E-state index contributed by atoms with van der Waals surface area (Å²) in [5.41, 5.74) is 2.16. The molecule has 1 aliphatic rings. The summed E-state index contributed by atoms with van der Waals surface area (Å²) in [5.74, 6) is -2.06. The van der Waals surface area contributed by atoms with Crippen LogP contribution in [0.2, 0.25) is 0 Å². The zero-order valence-corrected chi connectivity index (χ0v) is 9.74. The first-order chi connectivity index (χ1) is 7.09. The molecule has 0 aliphatic heterocycles. The molecule has 0 aromatic rings. The number of aliphatic carboxylic acids is 1. The Balaban J connectivity index is 2.96. The number of nitrogens with two attached hydrogens (primary N) is 1. The van der Waals surface area contributed by atoms with Crippen molar-refractivity contribution in [3.05, 3.63) is 12.7 Å². The summed E-state index contributed by atoms with van der Waals surface area (Å²) < 4.78 is 5.08. The molecule has 5 heteroatoms. The van der Waals surface area contributed by atoms with E-state index in [1.54, 1.807) is 20.8 Å². The summed E-state index contributed by atoms with van der Waals surface area (Å²) >= 11 is 0. The maximum absolute atomic E-state index is 11.8. The highest BCUT2D eigenvalue weighted by Crippen LogP contribution is 2.56. The van der Waals surface area contributed by atoms with Gasteiger partial charge in [0.25, 0.3) is 0 Å². The van der Waals surface area contributed by atoms with Crippen LogP contribution in [-0.4, -0.2) is 28.2 Å². The minimum Gasteiger partial charge on any atom is -0.480 e. The molecule has 0 unspecified atom stereocenters. The largest absolute Gasteiger partial charge is 0.480 e. The summed E-state index contributed by atoms with van der Waals surface area (Å²) in [6, 6.07) is 0. The van der Waals surface area contributed by atoms with Crippen LogP contribution in [0, 0.1) is 5.41 Å². The lowest BCUT2D eigenvalue weighted by Gasteiger charge is -2.23. The van der Waals surface area contributed by atoms with Gasteiger partial charge in [0, 0.05) is 0 Å². The maximum Gasteiger partial charge on any atom is 0.326 e. The average molecular weight is 227 g/mol. The Morgan fingerprint density at radius 2 is 2.00 bits per heavy atom. The topological polar surface area (TPSA) is 89.6 Å². The lowest BCUT2D eigenvalue weighted by atomic mass is 10.00. The second-order valence-corrected chi connectivity index (χ2v) is 5.13. The molecule has 0 spiro atoms. The predicted molar refractivity (Wildman–Crippen MR) is 57.6 cm³/mol. The number of esters is 1. The second kappa shape index (κ2) is 3.31. The Morgan fingerprint density at radius 3 is 2.25 bits per heavy atom. The fraction of sp³-hybridized carbons (Fsp3) is 0.636. The van der Waals surface area contributed by atoms with Crippen LogP contribution >= 0.6 is 0 Å². The third kappa shape index (κ3) is 1.71. The monoisotopic (exact) mass is 227 g/mol. The molecule has 90 valence electrons. The fourth-order valence-electron chi connectivity index (χ4n) is 1.63. The first kappa shape index (κ1) is 12.7. The second-order valence-electron chi connectivity index (χ2n) is 5.13. The van der Waals surface area contributed by atoms with E-state index in [0.717, 1.165) is 0 Å². The molecule has 2 atom stereocenters. The van der Waals surface area contributed by atoms with Crippen molar-refractivity contribution in [2.45, 2.75) is 38.3 Å².